The van der Waals surface area contributed by atoms with Gasteiger partial charge in [0.25, 0.3) is 5.91 Å². The molecule has 1 aromatic heterocycles. The van der Waals surface area contributed by atoms with Crippen molar-refractivity contribution in [3.05, 3.63) is 65.4 Å². The molecule has 28 heavy (non-hydrogen) atoms. The summed E-state index contributed by atoms with van der Waals surface area (Å²) in [6.45, 7) is 4.14. The molecule has 2 aromatic carbocycles. The second kappa shape index (κ2) is 8.67. The largest absolute Gasteiger partial charge is 0.462 e. The number of carbonyl (C=O) groups is 2. The Morgan fingerprint density at radius 3 is 2.50 bits per heavy atom. The van der Waals surface area contributed by atoms with Crippen LogP contribution < -0.4 is 10.6 Å². The van der Waals surface area contributed by atoms with Crippen molar-refractivity contribution < 1.29 is 18.7 Å². The first-order chi connectivity index (χ1) is 13.5. The predicted molar refractivity (Wildman–Crippen MR) is 112 cm³/mol. The predicted octanol–water partition coefficient (Wildman–Crippen LogP) is 4.43. The van der Waals surface area contributed by atoms with Crippen molar-refractivity contribution in [3.63, 3.8) is 0 Å². The molecule has 7 heteroatoms. The number of hydrogen-bond acceptors (Lipinski definition) is 5. The molecule has 6 nitrogen and oxygen atoms in total. The Kier molecular flexibility index (Phi) is 6.06. The molecular formula is C21H20N2O4S. The van der Waals surface area contributed by atoms with Gasteiger partial charge < -0.3 is 14.5 Å². The molecule has 0 fully saturated rings. The van der Waals surface area contributed by atoms with E-state index < -0.39 is 5.91 Å². The van der Waals surface area contributed by atoms with E-state index in [-0.39, 0.29) is 16.8 Å². The average molecular weight is 396 g/mol. The number of rotatable bonds is 5. The van der Waals surface area contributed by atoms with Crippen molar-refractivity contribution in [1.82, 2.24) is 5.32 Å². The number of esters is 1. The van der Waals surface area contributed by atoms with Gasteiger partial charge in [-0.2, -0.15) is 0 Å². The number of thiocarbonyl (C=S) groups is 1. The summed E-state index contributed by atoms with van der Waals surface area (Å²) in [5, 5.41) is 6.54. The highest BCUT2D eigenvalue weighted by Gasteiger charge is 2.18. The highest BCUT2D eigenvalue weighted by Crippen LogP contribution is 2.24. The first-order valence-electron chi connectivity index (χ1n) is 8.87. The fraction of sp³-hybridized carbons (Fsp3) is 0.190. The normalized spacial score (nSPS) is 10.5. The molecule has 2 N–H and O–H groups in total. The molecule has 0 spiro atoms. The Balaban J connectivity index is 1.62. The number of nitrogens with one attached hydrogen (secondary N) is 2. The van der Waals surface area contributed by atoms with E-state index in [2.05, 4.69) is 10.6 Å². The molecule has 0 saturated carbocycles. The molecule has 0 bridgehead atoms. The van der Waals surface area contributed by atoms with Gasteiger partial charge in [-0.15, -0.1) is 0 Å². The summed E-state index contributed by atoms with van der Waals surface area (Å²) in [4.78, 5) is 24.3. The van der Waals surface area contributed by atoms with Crippen LogP contribution in [0.3, 0.4) is 0 Å². The number of para-hydroxylation sites is 1. The van der Waals surface area contributed by atoms with Crippen molar-refractivity contribution in [2.24, 2.45) is 0 Å². The Morgan fingerprint density at radius 1 is 1.11 bits per heavy atom. The number of amides is 1. The van der Waals surface area contributed by atoms with E-state index in [0.717, 1.165) is 17.4 Å². The molecule has 0 radical (unpaired) electrons. The third-order valence-electron chi connectivity index (χ3n) is 4.09. The topological polar surface area (TPSA) is 80.6 Å². The summed E-state index contributed by atoms with van der Waals surface area (Å²) in [6.07, 6.45) is 0.768. The summed E-state index contributed by atoms with van der Waals surface area (Å²) in [7, 11) is 0. The van der Waals surface area contributed by atoms with Crippen molar-refractivity contribution in [3.8, 4) is 0 Å². The van der Waals surface area contributed by atoms with Gasteiger partial charge in [-0.3, -0.25) is 10.1 Å². The van der Waals surface area contributed by atoms with Gasteiger partial charge in [-0.1, -0.05) is 25.1 Å². The summed E-state index contributed by atoms with van der Waals surface area (Å²) >= 11 is 5.20. The second-order valence-corrected chi connectivity index (χ2v) is 6.58. The van der Waals surface area contributed by atoms with Gasteiger partial charge in [-0.25, -0.2) is 4.79 Å². The number of hydrogen-bond donors (Lipinski definition) is 2. The maximum absolute atomic E-state index is 12.5. The van der Waals surface area contributed by atoms with E-state index in [1.807, 2.05) is 38.1 Å². The monoisotopic (exact) mass is 396 g/mol. The quantitative estimate of drug-likeness (QED) is 0.490. The van der Waals surface area contributed by atoms with Crippen LogP contribution in [-0.4, -0.2) is 23.6 Å². The standard InChI is InChI=1S/C21H20N2O4S/c1-3-12-26-20(25)14-8-10-15(11-9-14)22-21(28)23-19(24)18-13(2)16-6-4-5-7-17(16)27-18/h4-11H,3,12H2,1-2H3,(H2,22,23,24,28). The first-order valence-corrected chi connectivity index (χ1v) is 9.28. The molecule has 3 aromatic rings. The lowest BCUT2D eigenvalue weighted by Crippen LogP contribution is -2.34. The van der Waals surface area contributed by atoms with Gasteiger partial charge >= 0.3 is 5.97 Å². The van der Waals surface area contributed by atoms with E-state index in [1.54, 1.807) is 24.3 Å². The minimum Gasteiger partial charge on any atom is -0.462 e. The van der Waals surface area contributed by atoms with Crippen LogP contribution in [0.4, 0.5) is 5.69 Å². The maximum Gasteiger partial charge on any atom is 0.338 e. The molecule has 0 aliphatic heterocycles. The Bertz CT molecular complexity index is 1020. The van der Waals surface area contributed by atoms with Gasteiger partial charge in [0.05, 0.1) is 12.2 Å². The van der Waals surface area contributed by atoms with Gasteiger partial charge in [0.2, 0.25) is 0 Å². The molecule has 0 aliphatic carbocycles. The minimum absolute atomic E-state index is 0.131. The zero-order valence-electron chi connectivity index (χ0n) is 15.6. The third-order valence-corrected chi connectivity index (χ3v) is 4.30. The van der Waals surface area contributed by atoms with E-state index in [0.29, 0.717) is 23.4 Å². The van der Waals surface area contributed by atoms with Crippen LogP contribution >= 0.6 is 12.2 Å². The minimum atomic E-state index is -0.425. The lowest BCUT2D eigenvalue weighted by Gasteiger charge is -2.09. The Morgan fingerprint density at radius 2 is 1.82 bits per heavy atom. The molecule has 0 atom stereocenters. The number of benzene rings is 2. The molecule has 0 aliphatic rings. The molecule has 1 heterocycles. The fourth-order valence-electron chi connectivity index (χ4n) is 2.68. The van der Waals surface area contributed by atoms with Crippen LogP contribution in [0.2, 0.25) is 0 Å². The number of ether oxygens (including phenoxy) is 1. The summed E-state index contributed by atoms with van der Waals surface area (Å²) in [5.74, 6) is -0.574. The van der Waals surface area contributed by atoms with Crippen molar-refractivity contribution in [1.29, 1.82) is 0 Å². The summed E-state index contributed by atoms with van der Waals surface area (Å²) < 4.78 is 10.7. The summed E-state index contributed by atoms with van der Waals surface area (Å²) in [5.41, 5.74) is 2.49. The van der Waals surface area contributed by atoms with Crippen molar-refractivity contribution in [2.75, 3.05) is 11.9 Å². The SMILES string of the molecule is CCCOC(=O)c1ccc(NC(=S)NC(=O)c2oc3ccccc3c2C)cc1. The van der Waals surface area contributed by atoms with Crippen LogP contribution in [0.5, 0.6) is 0 Å². The van der Waals surface area contributed by atoms with Crippen LogP contribution in [0.1, 0.15) is 39.8 Å². The number of aryl methyl sites for hydroxylation is 1. The molecule has 0 saturated heterocycles. The Hall–Kier alpha value is -3.19. The van der Waals surface area contributed by atoms with Gasteiger partial charge in [-0.05, 0) is 55.9 Å². The Labute approximate surface area is 167 Å². The lowest BCUT2D eigenvalue weighted by atomic mass is 10.1. The maximum atomic E-state index is 12.5. The van der Waals surface area contributed by atoms with Crippen LogP contribution in [-0.2, 0) is 4.74 Å². The van der Waals surface area contributed by atoms with Crippen molar-refractivity contribution >= 4 is 45.9 Å². The molecular weight excluding hydrogens is 376 g/mol. The van der Waals surface area contributed by atoms with E-state index in [9.17, 15) is 9.59 Å². The molecule has 0 unspecified atom stereocenters. The zero-order valence-corrected chi connectivity index (χ0v) is 16.4. The van der Waals surface area contributed by atoms with Crippen molar-refractivity contribution in [2.45, 2.75) is 20.3 Å². The van der Waals surface area contributed by atoms with Crippen LogP contribution in [0.15, 0.2) is 52.9 Å². The van der Waals surface area contributed by atoms with E-state index >= 15 is 0 Å². The van der Waals surface area contributed by atoms with E-state index in [1.165, 1.54) is 0 Å². The fourth-order valence-corrected chi connectivity index (χ4v) is 2.89. The second-order valence-electron chi connectivity index (χ2n) is 6.17. The highest BCUT2D eigenvalue weighted by molar-refractivity contribution is 7.80. The summed E-state index contributed by atoms with van der Waals surface area (Å²) in [6, 6.07) is 14.1. The lowest BCUT2D eigenvalue weighted by molar-refractivity contribution is 0.0505. The molecule has 1 amide bonds. The third kappa shape index (κ3) is 4.37. The number of carbonyl (C=O) groups excluding carboxylic acids is 2. The number of fused-ring (bicyclic) bond motifs is 1. The number of anilines is 1. The molecule has 144 valence electrons. The van der Waals surface area contributed by atoms with Gasteiger partial charge in [0.15, 0.2) is 10.9 Å². The smallest absolute Gasteiger partial charge is 0.338 e. The first kappa shape index (κ1) is 19.6. The highest BCUT2D eigenvalue weighted by atomic mass is 32.1. The zero-order chi connectivity index (χ0) is 20.1. The van der Waals surface area contributed by atoms with E-state index in [4.69, 9.17) is 21.4 Å². The average Bonchev–Trinajstić information content (AvgIpc) is 3.03. The van der Waals surface area contributed by atoms with Gasteiger partial charge in [0.1, 0.15) is 5.58 Å². The van der Waals surface area contributed by atoms with Crippen LogP contribution in [0.25, 0.3) is 11.0 Å². The van der Waals surface area contributed by atoms with Gasteiger partial charge in [0, 0.05) is 16.6 Å². The van der Waals surface area contributed by atoms with Crippen LogP contribution in [0, 0.1) is 6.92 Å². The number of furan rings is 1. The molecule has 3 rings (SSSR count).